The van der Waals surface area contributed by atoms with E-state index in [1.54, 1.807) is 30.5 Å². The van der Waals surface area contributed by atoms with Crippen molar-refractivity contribution in [3.8, 4) is 11.4 Å². The van der Waals surface area contributed by atoms with Crippen molar-refractivity contribution in [2.45, 2.75) is 6.54 Å². The SMILES string of the molecule is Nc1ccnc(-c2cccc(C(=O)NCCn3cnnn3)c2)n1. The number of hydrogen-bond acceptors (Lipinski definition) is 7. The number of nitrogens with one attached hydrogen (secondary N) is 1. The van der Waals surface area contributed by atoms with Crippen molar-refractivity contribution in [1.29, 1.82) is 0 Å². The van der Waals surface area contributed by atoms with Gasteiger partial charge in [-0.2, -0.15) is 0 Å². The molecule has 0 fully saturated rings. The van der Waals surface area contributed by atoms with Gasteiger partial charge >= 0.3 is 0 Å². The van der Waals surface area contributed by atoms with Gasteiger partial charge in [-0.1, -0.05) is 12.1 Å². The molecule has 9 nitrogen and oxygen atoms in total. The number of carbonyl (C=O) groups excluding carboxylic acids is 1. The van der Waals surface area contributed by atoms with Crippen molar-refractivity contribution in [2.24, 2.45) is 0 Å². The van der Waals surface area contributed by atoms with Crippen LogP contribution < -0.4 is 11.1 Å². The number of aromatic nitrogens is 6. The minimum absolute atomic E-state index is 0.191. The first-order valence-electron chi connectivity index (χ1n) is 6.90. The lowest BCUT2D eigenvalue weighted by atomic mass is 10.1. The standard InChI is InChI=1S/C14H14N8O/c15-12-4-5-16-13(19-12)10-2-1-3-11(8-10)14(23)17-6-7-22-9-18-20-21-22/h1-5,8-9H,6-7H2,(H,17,23)(H2,15,16,19). The van der Waals surface area contributed by atoms with Crippen LogP contribution in [-0.2, 0) is 6.54 Å². The van der Waals surface area contributed by atoms with Gasteiger partial charge in [-0.25, -0.2) is 14.6 Å². The molecule has 3 N–H and O–H groups in total. The van der Waals surface area contributed by atoms with Gasteiger partial charge in [0.05, 0.1) is 6.54 Å². The van der Waals surface area contributed by atoms with Crippen LogP contribution in [0.4, 0.5) is 5.82 Å². The first-order chi connectivity index (χ1) is 11.2. The van der Waals surface area contributed by atoms with Crippen molar-refractivity contribution in [3.05, 3.63) is 48.4 Å². The third kappa shape index (κ3) is 3.64. The Balaban J connectivity index is 1.68. The molecule has 23 heavy (non-hydrogen) atoms. The summed E-state index contributed by atoms with van der Waals surface area (Å²) in [5.74, 6) is 0.670. The molecule has 0 saturated heterocycles. The second kappa shape index (κ2) is 6.60. The molecule has 0 aliphatic carbocycles. The van der Waals surface area contributed by atoms with Gasteiger partial charge in [0.15, 0.2) is 5.82 Å². The van der Waals surface area contributed by atoms with E-state index in [4.69, 9.17) is 5.73 Å². The van der Waals surface area contributed by atoms with E-state index in [1.807, 2.05) is 6.07 Å². The number of tetrazole rings is 1. The summed E-state index contributed by atoms with van der Waals surface area (Å²) in [6.07, 6.45) is 3.07. The van der Waals surface area contributed by atoms with Crippen LogP contribution in [0.3, 0.4) is 0 Å². The van der Waals surface area contributed by atoms with Gasteiger partial charge in [-0.15, -0.1) is 5.10 Å². The number of hydrogen-bond donors (Lipinski definition) is 2. The Labute approximate surface area is 131 Å². The molecule has 0 bridgehead atoms. The zero-order valence-corrected chi connectivity index (χ0v) is 12.1. The molecule has 3 rings (SSSR count). The number of benzene rings is 1. The van der Waals surface area contributed by atoms with E-state index in [2.05, 4.69) is 30.8 Å². The van der Waals surface area contributed by atoms with E-state index < -0.39 is 0 Å². The molecule has 0 saturated carbocycles. The summed E-state index contributed by atoms with van der Waals surface area (Å²) in [5, 5.41) is 13.6. The maximum Gasteiger partial charge on any atom is 0.251 e. The topological polar surface area (TPSA) is 124 Å². The van der Waals surface area contributed by atoms with Gasteiger partial charge in [-0.05, 0) is 28.6 Å². The average Bonchev–Trinajstić information content (AvgIpc) is 3.08. The van der Waals surface area contributed by atoms with Crippen LogP contribution in [0.2, 0.25) is 0 Å². The molecule has 0 aliphatic rings. The molecule has 1 aromatic carbocycles. The minimum Gasteiger partial charge on any atom is -0.384 e. The molecule has 2 aromatic heterocycles. The van der Waals surface area contributed by atoms with Crippen LogP contribution in [0.1, 0.15) is 10.4 Å². The number of nitrogen functional groups attached to an aromatic ring is 1. The van der Waals surface area contributed by atoms with E-state index in [9.17, 15) is 4.79 Å². The number of nitrogens with two attached hydrogens (primary N) is 1. The zero-order valence-electron chi connectivity index (χ0n) is 12.1. The number of nitrogens with zero attached hydrogens (tertiary/aromatic N) is 6. The predicted molar refractivity (Wildman–Crippen MR) is 82.0 cm³/mol. The van der Waals surface area contributed by atoms with Crippen LogP contribution in [0.15, 0.2) is 42.9 Å². The number of anilines is 1. The van der Waals surface area contributed by atoms with Crippen molar-refractivity contribution in [1.82, 2.24) is 35.5 Å². The molecule has 3 aromatic rings. The highest BCUT2D eigenvalue weighted by Gasteiger charge is 2.08. The highest BCUT2D eigenvalue weighted by molar-refractivity contribution is 5.95. The van der Waals surface area contributed by atoms with Crippen molar-refractivity contribution >= 4 is 11.7 Å². The van der Waals surface area contributed by atoms with Crippen LogP contribution in [0, 0.1) is 0 Å². The highest BCUT2D eigenvalue weighted by Crippen LogP contribution is 2.16. The lowest BCUT2D eigenvalue weighted by molar-refractivity contribution is 0.0952. The molecule has 0 unspecified atom stereocenters. The Hall–Kier alpha value is -3.36. The minimum atomic E-state index is -0.191. The van der Waals surface area contributed by atoms with Gasteiger partial charge in [-0.3, -0.25) is 4.79 Å². The zero-order chi connectivity index (χ0) is 16.1. The molecule has 0 aliphatic heterocycles. The summed E-state index contributed by atoms with van der Waals surface area (Å²) >= 11 is 0. The Morgan fingerprint density at radius 2 is 2.22 bits per heavy atom. The van der Waals surface area contributed by atoms with Gasteiger partial charge in [0, 0.05) is 23.9 Å². The van der Waals surface area contributed by atoms with E-state index in [1.165, 1.54) is 11.0 Å². The van der Waals surface area contributed by atoms with Gasteiger partial charge in [0.1, 0.15) is 12.1 Å². The maximum atomic E-state index is 12.2. The normalized spacial score (nSPS) is 10.4. The number of amides is 1. The first kappa shape index (κ1) is 14.6. The molecule has 116 valence electrons. The molecule has 9 heteroatoms. The summed E-state index contributed by atoms with van der Waals surface area (Å²) < 4.78 is 1.54. The predicted octanol–water partition coefficient (Wildman–Crippen LogP) is 0.142. The molecule has 1 amide bonds. The van der Waals surface area contributed by atoms with Crippen LogP contribution >= 0.6 is 0 Å². The Morgan fingerprint density at radius 1 is 1.30 bits per heavy atom. The fourth-order valence-corrected chi connectivity index (χ4v) is 1.98. The van der Waals surface area contributed by atoms with Gasteiger partial charge in [0.2, 0.25) is 0 Å². The first-order valence-corrected chi connectivity index (χ1v) is 6.90. The molecule has 0 spiro atoms. The van der Waals surface area contributed by atoms with Gasteiger partial charge < -0.3 is 11.1 Å². The second-order valence-electron chi connectivity index (χ2n) is 4.71. The Kier molecular flexibility index (Phi) is 4.18. The lowest BCUT2D eigenvalue weighted by Crippen LogP contribution is -2.27. The largest absolute Gasteiger partial charge is 0.384 e. The third-order valence-electron chi connectivity index (χ3n) is 3.08. The average molecular weight is 310 g/mol. The molecular weight excluding hydrogens is 296 g/mol. The highest BCUT2D eigenvalue weighted by atomic mass is 16.1. The smallest absolute Gasteiger partial charge is 0.251 e. The van der Waals surface area contributed by atoms with E-state index in [0.717, 1.165) is 5.56 Å². The quantitative estimate of drug-likeness (QED) is 0.686. The van der Waals surface area contributed by atoms with Crippen molar-refractivity contribution < 1.29 is 4.79 Å². The van der Waals surface area contributed by atoms with E-state index >= 15 is 0 Å². The summed E-state index contributed by atoms with van der Waals surface area (Å²) in [4.78, 5) is 20.5. The summed E-state index contributed by atoms with van der Waals surface area (Å²) in [6, 6.07) is 8.66. The number of rotatable bonds is 5. The fraction of sp³-hybridized carbons (Fsp3) is 0.143. The summed E-state index contributed by atoms with van der Waals surface area (Å²) in [7, 11) is 0. The van der Waals surface area contributed by atoms with Crippen LogP contribution in [-0.4, -0.2) is 42.6 Å². The summed E-state index contributed by atoms with van der Waals surface area (Å²) in [5.41, 5.74) is 6.90. The number of carbonyl (C=O) groups is 1. The molecular formula is C14H14N8O. The second-order valence-corrected chi connectivity index (χ2v) is 4.71. The third-order valence-corrected chi connectivity index (χ3v) is 3.08. The maximum absolute atomic E-state index is 12.2. The Morgan fingerprint density at radius 3 is 3.00 bits per heavy atom. The van der Waals surface area contributed by atoms with Crippen molar-refractivity contribution in [2.75, 3.05) is 12.3 Å². The summed E-state index contributed by atoms with van der Waals surface area (Å²) in [6.45, 7) is 0.916. The van der Waals surface area contributed by atoms with E-state index in [-0.39, 0.29) is 5.91 Å². The van der Waals surface area contributed by atoms with Gasteiger partial charge in [0.25, 0.3) is 5.91 Å². The molecule has 0 radical (unpaired) electrons. The van der Waals surface area contributed by atoms with E-state index in [0.29, 0.717) is 30.3 Å². The van der Waals surface area contributed by atoms with Crippen molar-refractivity contribution in [3.63, 3.8) is 0 Å². The Bertz CT molecular complexity index is 802. The lowest BCUT2D eigenvalue weighted by Gasteiger charge is -2.06. The fourth-order valence-electron chi connectivity index (χ4n) is 1.98. The van der Waals surface area contributed by atoms with Crippen LogP contribution in [0.25, 0.3) is 11.4 Å². The monoisotopic (exact) mass is 310 g/mol. The molecule has 0 atom stereocenters. The van der Waals surface area contributed by atoms with Crippen LogP contribution in [0.5, 0.6) is 0 Å². The molecule has 2 heterocycles.